The molecule has 0 unspecified atom stereocenters. The smallest absolute Gasteiger partial charge is 0.412 e. The first kappa shape index (κ1) is 18.1. The molecule has 2 amide bonds. The van der Waals surface area contributed by atoms with Crippen LogP contribution in [0.15, 0.2) is 78.9 Å². The Bertz CT molecular complexity index is 1010. The molecule has 4 rings (SSSR count). The highest BCUT2D eigenvalue weighted by atomic mass is 35.5. The lowest BCUT2D eigenvalue weighted by atomic mass is 10.1. The van der Waals surface area contributed by atoms with E-state index >= 15 is 0 Å². The summed E-state index contributed by atoms with van der Waals surface area (Å²) in [5.41, 5.74) is 2.96. The fourth-order valence-corrected chi connectivity index (χ4v) is 3.30. The lowest BCUT2D eigenvalue weighted by Gasteiger charge is -2.18. The third-order valence-electron chi connectivity index (χ3n) is 4.50. The van der Waals surface area contributed by atoms with E-state index in [0.29, 0.717) is 22.8 Å². The lowest BCUT2D eigenvalue weighted by Crippen LogP contribution is -2.30. The standard InChI is InChI=1S/C22H17ClN2O3/c23-16-10-12-17(13-11-16)24-22(27)28-20-18-8-4-5-9-19(18)25(21(20)26)14-15-6-2-1-3-7-15/h1-13,20H,14H2,(H,24,27)/t20-/m1/s1. The van der Waals surface area contributed by atoms with Gasteiger partial charge in [0.2, 0.25) is 6.10 Å². The van der Waals surface area contributed by atoms with Gasteiger partial charge in [0.25, 0.3) is 5.91 Å². The largest absolute Gasteiger partial charge is 0.431 e. The van der Waals surface area contributed by atoms with Crippen molar-refractivity contribution in [1.29, 1.82) is 0 Å². The van der Waals surface area contributed by atoms with Crippen LogP contribution in [0.5, 0.6) is 0 Å². The number of halogens is 1. The number of carbonyl (C=O) groups excluding carboxylic acids is 2. The third kappa shape index (κ3) is 3.70. The zero-order valence-electron chi connectivity index (χ0n) is 14.8. The summed E-state index contributed by atoms with van der Waals surface area (Å²) < 4.78 is 5.48. The molecule has 0 fully saturated rings. The number of anilines is 2. The zero-order chi connectivity index (χ0) is 19.5. The van der Waals surface area contributed by atoms with E-state index in [2.05, 4.69) is 5.32 Å². The summed E-state index contributed by atoms with van der Waals surface area (Å²) in [5.74, 6) is -0.267. The summed E-state index contributed by atoms with van der Waals surface area (Å²) in [4.78, 5) is 27.0. The van der Waals surface area contributed by atoms with Crippen LogP contribution in [-0.4, -0.2) is 12.0 Å². The van der Waals surface area contributed by atoms with Crippen molar-refractivity contribution in [2.24, 2.45) is 0 Å². The molecule has 0 aromatic heterocycles. The van der Waals surface area contributed by atoms with Gasteiger partial charge in [-0.15, -0.1) is 0 Å². The summed E-state index contributed by atoms with van der Waals surface area (Å²) in [6, 6.07) is 23.7. The average Bonchev–Trinajstić information content (AvgIpc) is 2.96. The number of amides is 2. The van der Waals surface area contributed by atoms with Gasteiger partial charge >= 0.3 is 6.09 Å². The zero-order valence-corrected chi connectivity index (χ0v) is 15.6. The molecule has 5 nitrogen and oxygen atoms in total. The van der Waals surface area contributed by atoms with Crippen molar-refractivity contribution in [2.45, 2.75) is 12.6 Å². The molecule has 140 valence electrons. The molecule has 1 N–H and O–H groups in total. The van der Waals surface area contributed by atoms with Gasteiger partial charge < -0.3 is 9.64 Å². The Labute approximate surface area is 167 Å². The topological polar surface area (TPSA) is 58.6 Å². The number of rotatable bonds is 4. The number of hydrogen-bond acceptors (Lipinski definition) is 3. The van der Waals surface area contributed by atoms with Crippen molar-refractivity contribution < 1.29 is 14.3 Å². The number of nitrogens with one attached hydrogen (secondary N) is 1. The van der Waals surface area contributed by atoms with Crippen molar-refractivity contribution in [3.05, 3.63) is 95.0 Å². The first-order valence-corrected chi connectivity index (χ1v) is 9.17. The van der Waals surface area contributed by atoms with Crippen LogP contribution in [0.4, 0.5) is 16.2 Å². The molecule has 0 spiro atoms. The lowest BCUT2D eigenvalue weighted by molar-refractivity contribution is -0.125. The van der Waals surface area contributed by atoms with E-state index in [1.54, 1.807) is 35.2 Å². The molecule has 3 aromatic carbocycles. The number of carbonyl (C=O) groups is 2. The predicted molar refractivity (Wildman–Crippen MR) is 108 cm³/mol. The van der Waals surface area contributed by atoms with E-state index < -0.39 is 12.2 Å². The highest BCUT2D eigenvalue weighted by molar-refractivity contribution is 6.30. The fraction of sp³-hybridized carbons (Fsp3) is 0.0909. The summed E-state index contributed by atoms with van der Waals surface area (Å²) in [7, 11) is 0. The molecule has 1 aliphatic heterocycles. The molecule has 0 aliphatic carbocycles. The summed E-state index contributed by atoms with van der Waals surface area (Å²) >= 11 is 5.85. The minimum absolute atomic E-state index is 0.267. The minimum Gasteiger partial charge on any atom is -0.431 e. The van der Waals surface area contributed by atoms with Gasteiger partial charge in [0.1, 0.15) is 0 Å². The Kier molecular flexibility index (Phi) is 5.00. The summed E-state index contributed by atoms with van der Waals surface area (Å²) in [5, 5.41) is 3.19. The molecular formula is C22H17ClN2O3. The molecule has 28 heavy (non-hydrogen) atoms. The predicted octanol–water partition coefficient (Wildman–Crippen LogP) is 5.18. The van der Waals surface area contributed by atoms with Gasteiger partial charge in [-0.1, -0.05) is 60.1 Å². The van der Waals surface area contributed by atoms with Crippen molar-refractivity contribution in [3.63, 3.8) is 0 Å². The Morgan fingerprint density at radius 2 is 1.64 bits per heavy atom. The van der Waals surface area contributed by atoms with E-state index in [9.17, 15) is 9.59 Å². The number of nitrogens with zero attached hydrogens (tertiary/aromatic N) is 1. The Morgan fingerprint density at radius 1 is 0.964 bits per heavy atom. The van der Waals surface area contributed by atoms with Crippen molar-refractivity contribution in [3.8, 4) is 0 Å². The third-order valence-corrected chi connectivity index (χ3v) is 4.75. The van der Waals surface area contributed by atoms with Gasteiger partial charge in [0.05, 0.1) is 12.2 Å². The average molecular weight is 393 g/mol. The fourth-order valence-electron chi connectivity index (χ4n) is 3.18. The normalized spacial score (nSPS) is 15.2. The van der Waals surface area contributed by atoms with Crippen LogP contribution in [0.1, 0.15) is 17.2 Å². The van der Waals surface area contributed by atoms with Gasteiger partial charge in [0.15, 0.2) is 0 Å². The maximum absolute atomic E-state index is 13.0. The number of hydrogen-bond donors (Lipinski definition) is 1. The molecule has 0 bridgehead atoms. The second-order valence-corrected chi connectivity index (χ2v) is 6.82. The van der Waals surface area contributed by atoms with E-state index in [1.807, 2.05) is 48.5 Å². The van der Waals surface area contributed by atoms with Gasteiger partial charge in [-0.05, 0) is 35.9 Å². The quantitative estimate of drug-likeness (QED) is 0.665. The van der Waals surface area contributed by atoms with Crippen LogP contribution < -0.4 is 10.2 Å². The highest BCUT2D eigenvalue weighted by Crippen LogP contribution is 2.39. The van der Waals surface area contributed by atoms with Crippen molar-refractivity contribution in [1.82, 2.24) is 0 Å². The van der Waals surface area contributed by atoms with E-state index in [1.165, 1.54) is 0 Å². The van der Waals surface area contributed by atoms with Crippen molar-refractivity contribution >= 4 is 35.0 Å². The number of fused-ring (bicyclic) bond motifs is 1. The summed E-state index contributed by atoms with van der Waals surface area (Å²) in [6.45, 7) is 0.412. The van der Waals surface area contributed by atoms with Crippen LogP contribution >= 0.6 is 11.6 Å². The second kappa shape index (κ2) is 7.74. The number of ether oxygens (including phenoxy) is 1. The SMILES string of the molecule is O=C(Nc1ccc(Cl)cc1)O[C@H]1C(=O)N(Cc2ccccc2)c2ccccc21. The van der Waals surface area contributed by atoms with Crippen LogP contribution in [0.2, 0.25) is 5.02 Å². The molecule has 3 aromatic rings. The number of para-hydroxylation sites is 1. The molecule has 0 saturated carbocycles. The van der Waals surface area contributed by atoms with Crippen LogP contribution in [0.3, 0.4) is 0 Å². The first-order valence-electron chi connectivity index (χ1n) is 8.79. The Hall–Kier alpha value is -3.31. The molecule has 1 heterocycles. The van der Waals surface area contributed by atoms with Gasteiger partial charge in [-0.3, -0.25) is 10.1 Å². The highest BCUT2D eigenvalue weighted by Gasteiger charge is 2.39. The monoisotopic (exact) mass is 392 g/mol. The maximum atomic E-state index is 13.0. The van der Waals surface area contributed by atoms with Crippen molar-refractivity contribution in [2.75, 3.05) is 10.2 Å². The molecule has 0 saturated heterocycles. The maximum Gasteiger partial charge on any atom is 0.412 e. The number of benzene rings is 3. The molecule has 0 radical (unpaired) electrons. The first-order chi connectivity index (χ1) is 13.6. The van der Waals surface area contributed by atoms with E-state index in [4.69, 9.17) is 16.3 Å². The Balaban J connectivity index is 1.53. The molecule has 1 atom stereocenters. The minimum atomic E-state index is -0.979. The summed E-state index contributed by atoms with van der Waals surface area (Å²) in [6.07, 6.45) is -1.68. The van der Waals surface area contributed by atoms with E-state index in [0.717, 1.165) is 11.3 Å². The Morgan fingerprint density at radius 3 is 2.39 bits per heavy atom. The van der Waals surface area contributed by atoms with Gasteiger partial charge in [-0.25, -0.2) is 4.79 Å². The van der Waals surface area contributed by atoms with Crippen LogP contribution in [0, 0.1) is 0 Å². The van der Waals surface area contributed by atoms with E-state index in [-0.39, 0.29) is 5.91 Å². The molecular weight excluding hydrogens is 376 g/mol. The second-order valence-electron chi connectivity index (χ2n) is 6.39. The van der Waals surface area contributed by atoms with Crippen LogP contribution in [0.25, 0.3) is 0 Å². The molecule has 1 aliphatic rings. The molecule has 6 heteroatoms. The van der Waals surface area contributed by atoms with Gasteiger partial charge in [-0.2, -0.15) is 0 Å². The van der Waals surface area contributed by atoms with Crippen LogP contribution in [-0.2, 0) is 16.1 Å². The van der Waals surface area contributed by atoms with Gasteiger partial charge in [0, 0.05) is 16.3 Å².